The summed E-state index contributed by atoms with van der Waals surface area (Å²) in [4.78, 5) is 4.22. The van der Waals surface area contributed by atoms with Crippen molar-refractivity contribution >= 4 is 11.4 Å². The van der Waals surface area contributed by atoms with Gasteiger partial charge in [-0.25, -0.2) is 4.39 Å². The number of halogens is 1. The van der Waals surface area contributed by atoms with E-state index in [1.54, 1.807) is 31.5 Å². The van der Waals surface area contributed by atoms with E-state index in [4.69, 9.17) is 9.47 Å². The maximum atomic E-state index is 14.4. The van der Waals surface area contributed by atoms with E-state index in [1.807, 2.05) is 18.2 Å². The topological polar surface area (TPSA) is 42.8 Å². The van der Waals surface area contributed by atoms with Crippen molar-refractivity contribution in [2.75, 3.05) is 19.0 Å². The fraction of sp³-hybridized carbons (Fsp3) is 0.250. The quantitative estimate of drug-likeness (QED) is 0.775. The first-order valence-corrected chi connectivity index (χ1v) is 8.28. The van der Waals surface area contributed by atoms with Crippen molar-refractivity contribution in [2.24, 2.45) is 4.99 Å². The van der Waals surface area contributed by atoms with Crippen LogP contribution in [0.1, 0.15) is 18.9 Å². The normalized spacial score (nSPS) is 12.8. The summed E-state index contributed by atoms with van der Waals surface area (Å²) in [5, 5.41) is 3.17. The van der Waals surface area contributed by atoms with Crippen LogP contribution in [0.5, 0.6) is 17.2 Å². The lowest BCUT2D eigenvalue weighted by Gasteiger charge is -2.13. The molecule has 1 N–H and O–H groups in total. The lowest BCUT2D eigenvalue weighted by molar-refractivity contribution is 0.370. The van der Waals surface area contributed by atoms with Gasteiger partial charge in [0, 0.05) is 30.1 Å². The average Bonchev–Trinajstić information content (AvgIpc) is 3.15. The number of hydrogen-bond acceptors (Lipinski definition) is 4. The molecule has 0 bridgehead atoms. The third-order valence-electron chi connectivity index (χ3n) is 4.00. The van der Waals surface area contributed by atoms with Gasteiger partial charge in [0.1, 0.15) is 0 Å². The lowest BCUT2D eigenvalue weighted by Crippen LogP contribution is -2.11. The number of allylic oxidation sites excluding steroid dienone is 1. The van der Waals surface area contributed by atoms with Crippen LogP contribution in [-0.4, -0.2) is 19.4 Å². The second-order valence-corrected chi connectivity index (χ2v) is 5.72. The molecule has 0 spiro atoms. The lowest BCUT2D eigenvalue weighted by atomic mass is 10.1. The van der Waals surface area contributed by atoms with Crippen LogP contribution in [-0.2, 0) is 6.42 Å². The van der Waals surface area contributed by atoms with Crippen LogP contribution in [0.15, 0.2) is 53.7 Å². The van der Waals surface area contributed by atoms with E-state index >= 15 is 0 Å². The maximum absolute atomic E-state index is 14.4. The Morgan fingerprint density at radius 2 is 1.96 bits per heavy atom. The van der Waals surface area contributed by atoms with Gasteiger partial charge in [-0.15, -0.1) is 0 Å². The summed E-state index contributed by atoms with van der Waals surface area (Å²) >= 11 is 0. The fourth-order valence-corrected chi connectivity index (χ4v) is 2.55. The predicted molar refractivity (Wildman–Crippen MR) is 98.5 cm³/mol. The SMILES string of the molecule is CCc1ccc(Oc2ccc(NCC3=NC=CC3)cc2F)c(OC)c1. The van der Waals surface area contributed by atoms with E-state index in [1.165, 1.54) is 6.07 Å². The van der Waals surface area contributed by atoms with E-state index in [0.29, 0.717) is 23.7 Å². The number of nitrogens with zero attached hydrogens (tertiary/aromatic N) is 1. The van der Waals surface area contributed by atoms with Gasteiger partial charge in [0.2, 0.25) is 0 Å². The molecule has 1 aliphatic rings. The van der Waals surface area contributed by atoms with Gasteiger partial charge in [-0.2, -0.15) is 0 Å². The van der Waals surface area contributed by atoms with Crippen LogP contribution in [0.25, 0.3) is 0 Å². The number of rotatable bonds is 7. The number of methoxy groups -OCH3 is 1. The second-order valence-electron chi connectivity index (χ2n) is 5.72. The van der Waals surface area contributed by atoms with Gasteiger partial charge in [0.15, 0.2) is 23.1 Å². The van der Waals surface area contributed by atoms with E-state index < -0.39 is 5.82 Å². The molecule has 3 rings (SSSR count). The molecule has 1 heterocycles. The molecule has 5 heteroatoms. The molecule has 0 fully saturated rings. The number of ether oxygens (including phenoxy) is 2. The minimum absolute atomic E-state index is 0.160. The third kappa shape index (κ3) is 4.18. The number of aliphatic imine (C=N–C) groups is 1. The molecule has 2 aromatic carbocycles. The Morgan fingerprint density at radius 3 is 2.64 bits per heavy atom. The first-order chi connectivity index (χ1) is 12.2. The van der Waals surface area contributed by atoms with Crippen molar-refractivity contribution in [2.45, 2.75) is 19.8 Å². The zero-order valence-corrected chi connectivity index (χ0v) is 14.4. The second kappa shape index (κ2) is 7.83. The number of benzene rings is 2. The highest BCUT2D eigenvalue weighted by Gasteiger charge is 2.11. The Labute approximate surface area is 147 Å². The summed E-state index contributed by atoms with van der Waals surface area (Å²) < 4.78 is 25.4. The van der Waals surface area contributed by atoms with Crippen molar-refractivity contribution in [3.8, 4) is 17.2 Å². The molecule has 0 saturated carbocycles. The molecule has 1 aliphatic heterocycles. The molecular formula is C20H21FN2O2. The van der Waals surface area contributed by atoms with Crippen LogP contribution in [0.2, 0.25) is 0 Å². The van der Waals surface area contributed by atoms with E-state index in [-0.39, 0.29) is 5.75 Å². The van der Waals surface area contributed by atoms with Gasteiger partial charge in [-0.3, -0.25) is 4.99 Å². The van der Waals surface area contributed by atoms with Gasteiger partial charge in [-0.1, -0.05) is 19.1 Å². The summed E-state index contributed by atoms with van der Waals surface area (Å²) in [5.41, 5.74) is 2.85. The molecule has 0 saturated heterocycles. The zero-order chi connectivity index (χ0) is 17.6. The minimum atomic E-state index is -0.432. The predicted octanol–water partition coefficient (Wildman–Crippen LogP) is 4.96. The molecule has 0 aliphatic carbocycles. The van der Waals surface area contributed by atoms with Crippen LogP contribution in [0.4, 0.5) is 10.1 Å². The van der Waals surface area contributed by atoms with Crippen molar-refractivity contribution < 1.29 is 13.9 Å². The van der Waals surface area contributed by atoms with Gasteiger partial charge in [0.05, 0.1) is 13.7 Å². The summed E-state index contributed by atoms with van der Waals surface area (Å²) in [5.74, 6) is 0.810. The van der Waals surface area contributed by atoms with E-state index in [9.17, 15) is 4.39 Å². The molecule has 0 radical (unpaired) electrons. The highest BCUT2D eigenvalue weighted by molar-refractivity contribution is 5.91. The summed E-state index contributed by atoms with van der Waals surface area (Å²) in [7, 11) is 1.58. The first kappa shape index (κ1) is 17.0. The Hall–Kier alpha value is -2.82. The highest BCUT2D eigenvalue weighted by Crippen LogP contribution is 2.34. The van der Waals surface area contributed by atoms with E-state index in [2.05, 4.69) is 17.2 Å². The summed E-state index contributed by atoms with van der Waals surface area (Å²) in [6.45, 7) is 2.66. The van der Waals surface area contributed by atoms with Crippen molar-refractivity contribution in [3.63, 3.8) is 0 Å². The smallest absolute Gasteiger partial charge is 0.169 e. The van der Waals surface area contributed by atoms with Crippen LogP contribution in [0.3, 0.4) is 0 Å². The molecule has 0 aromatic heterocycles. The first-order valence-electron chi connectivity index (χ1n) is 8.28. The Bertz CT molecular complexity index is 815. The Balaban J connectivity index is 1.70. The zero-order valence-electron chi connectivity index (χ0n) is 14.4. The monoisotopic (exact) mass is 340 g/mol. The Morgan fingerprint density at radius 1 is 1.12 bits per heavy atom. The largest absolute Gasteiger partial charge is 0.493 e. The number of aryl methyl sites for hydroxylation is 1. The van der Waals surface area contributed by atoms with Crippen LogP contribution in [0, 0.1) is 5.82 Å². The van der Waals surface area contributed by atoms with Gasteiger partial charge in [0.25, 0.3) is 0 Å². The van der Waals surface area contributed by atoms with Crippen molar-refractivity contribution in [3.05, 3.63) is 60.1 Å². The molecular weight excluding hydrogens is 319 g/mol. The van der Waals surface area contributed by atoms with Crippen LogP contribution >= 0.6 is 0 Å². The summed E-state index contributed by atoms with van der Waals surface area (Å²) in [6.07, 6.45) is 5.51. The average molecular weight is 340 g/mol. The molecule has 4 nitrogen and oxygen atoms in total. The molecule has 0 unspecified atom stereocenters. The van der Waals surface area contributed by atoms with Gasteiger partial charge >= 0.3 is 0 Å². The fourth-order valence-electron chi connectivity index (χ4n) is 2.55. The molecule has 0 atom stereocenters. The molecule has 0 amide bonds. The number of hydrogen-bond donors (Lipinski definition) is 1. The highest BCUT2D eigenvalue weighted by atomic mass is 19.1. The third-order valence-corrected chi connectivity index (χ3v) is 4.00. The standard InChI is InChI=1S/C20H21FN2O2/c1-3-14-6-8-19(20(11-14)24-2)25-18-9-7-15(12-17(18)21)23-13-16-5-4-10-22-16/h4,6-12,23H,3,5,13H2,1-2H3. The van der Waals surface area contributed by atoms with Crippen molar-refractivity contribution in [1.82, 2.24) is 0 Å². The number of nitrogens with one attached hydrogen (secondary N) is 1. The molecule has 25 heavy (non-hydrogen) atoms. The molecule has 2 aromatic rings. The van der Waals surface area contributed by atoms with E-state index in [0.717, 1.165) is 24.1 Å². The maximum Gasteiger partial charge on any atom is 0.169 e. The summed E-state index contributed by atoms with van der Waals surface area (Å²) in [6, 6.07) is 10.5. The minimum Gasteiger partial charge on any atom is -0.493 e. The van der Waals surface area contributed by atoms with Gasteiger partial charge < -0.3 is 14.8 Å². The number of anilines is 1. The van der Waals surface area contributed by atoms with Crippen molar-refractivity contribution in [1.29, 1.82) is 0 Å². The van der Waals surface area contributed by atoms with Gasteiger partial charge in [-0.05, 0) is 36.2 Å². The van der Waals surface area contributed by atoms with Crippen LogP contribution < -0.4 is 14.8 Å². The Kier molecular flexibility index (Phi) is 5.33. The molecule has 130 valence electrons.